The van der Waals surface area contributed by atoms with Crippen molar-refractivity contribution in [1.29, 1.82) is 0 Å². The summed E-state index contributed by atoms with van der Waals surface area (Å²) in [5, 5.41) is 3.05. The zero-order chi connectivity index (χ0) is 10.6. The van der Waals surface area contributed by atoms with Gasteiger partial charge in [-0.05, 0) is 33.5 Å². The van der Waals surface area contributed by atoms with Crippen molar-refractivity contribution in [1.82, 2.24) is 15.1 Å². The third-order valence-electron chi connectivity index (χ3n) is 2.88. The second-order valence-electron chi connectivity index (χ2n) is 4.00. The molecule has 82 valence electrons. The molecule has 1 heterocycles. The van der Waals surface area contributed by atoms with Crippen LogP contribution in [0.4, 0.5) is 0 Å². The zero-order valence-corrected chi connectivity index (χ0v) is 9.42. The number of rotatable bonds is 4. The molecule has 4 nitrogen and oxygen atoms in total. The molecular formula is C10H21N3O. The molecule has 4 heteroatoms. The van der Waals surface area contributed by atoms with Gasteiger partial charge in [0.25, 0.3) is 0 Å². The van der Waals surface area contributed by atoms with Gasteiger partial charge < -0.3 is 10.2 Å². The highest BCUT2D eigenvalue weighted by Crippen LogP contribution is 2.16. The molecule has 1 aliphatic heterocycles. The SMILES string of the molecule is CNCCN(C)C(=O)[C@@H]1CCCN1C. The minimum Gasteiger partial charge on any atom is -0.343 e. The summed E-state index contributed by atoms with van der Waals surface area (Å²) < 4.78 is 0. The minimum absolute atomic E-state index is 0.122. The lowest BCUT2D eigenvalue weighted by Crippen LogP contribution is -2.44. The first kappa shape index (κ1) is 11.5. The molecule has 0 aromatic carbocycles. The fraction of sp³-hybridized carbons (Fsp3) is 0.900. The van der Waals surface area contributed by atoms with Gasteiger partial charge in [0, 0.05) is 20.1 Å². The maximum atomic E-state index is 11.9. The van der Waals surface area contributed by atoms with Crippen molar-refractivity contribution in [2.45, 2.75) is 18.9 Å². The van der Waals surface area contributed by atoms with Crippen LogP contribution >= 0.6 is 0 Å². The Labute approximate surface area is 86.2 Å². The fourth-order valence-electron chi connectivity index (χ4n) is 1.87. The number of hydrogen-bond acceptors (Lipinski definition) is 3. The molecule has 0 aromatic rings. The maximum Gasteiger partial charge on any atom is 0.239 e. The van der Waals surface area contributed by atoms with Crippen LogP contribution in [0.25, 0.3) is 0 Å². The van der Waals surface area contributed by atoms with Gasteiger partial charge in [-0.1, -0.05) is 0 Å². The van der Waals surface area contributed by atoms with E-state index < -0.39 is 0 Å². The Hall–Kier alpha value is -0.610. The van der Waals surface area contributed by atoms with E-state index in [0.29, 0.717) is 0 Å². The fourth-order valence-corrected chi connectivity index (χ4v) is 1.87. The van der Waals surface area contributed by atoms with Crippen molar-refractivity contribution in [2.24, 2.45) is 0 Å². The molecule has 0 spiro atoms. The lowest BCUT2D eigenvalue weighted by molar-refractivity contribution is -0.134. The van der Waals surface area contributed by atoms with E-state index in [4.69, 9.17) is 0 Å². The second kappa shape index (κ2) is 5.32. The lowest BCUT2D eigenvalue weighted by atomic mass is 10.2. The van der Waals surface area contributed by atoms with Gasteiger partial charge in [0.2, 0.25) is 5.91 Å². The summed E-state index contributed by atoms with van der Waals surface area (Å²) in [6.07, 6.45) is 2.16. The van der Waals surface area contributed by atoms with Gasteiger partial charge in [-0.25, -0.2) is 0 Å². The average Bonchev–Trinajstić information content (AvgIpc) is 2.59. The van der Waals surface area contributed by atoms with Crippen molar-refractivity contribution < 1.29 is 4.79 Å². The van der Waals surface area contributed by atoms with Gasteiger partial charge in [-0.2, -0.15) is 0 Å². The predicted molar refractivity (Wildman–Crippen MR) is 57.2 cm³/mol. The molecule has 0 saturated carbocycles. The summed E-state index contributed by atoms with van der Waals surface area (Å²) in [6.45, 7) is 2.70. The van der Waals surface area contributed by atoms with Crippen molar-refractivity contribution in [3.63, 3.8) is 0 Å². The van der Waals surface area contributed by atoms with Crippen LogP contribution in [-0.2, 0) is 4.79 Å². The minimum atomic E-state index is 0.122. The average molecular weight is 199 g/mol. The van der Waals surface area contributed by atoms with Gasteiger partial charge in [-0.3, -0.25) is 9.69 Å². The zero-order valence-electron chi connectivity index (χ0n) is 9.42. The summed E-state index contributed by atoms with van der Waals surface area (Å²) in [6, 6.07) is 0.122. The summed E-state index contributed by atoms with van der Waals surface area (Å²) in [5.41, 5.74) is 0. The van der Waals surface area contributed by atoms with E-state index in [2.05, 4.69) is 10.2 Å². The highest BCUT2D eigenvalue weighted by atomic mass is 16.2. The van der Waals surface area contributed by atoms with E-state index in [9.17, 15) is 4.79 Å². The van der Waals surface area contributed by atoms with Crippen LogP contribution in [0.5, 0.6) is 0 Å². The summed E-state index contributed by atoms with van der Waals surface area (Å²) in [7, 11) is 5.81. The number of carbonyl (C=O) groups is 1. The number of carbonyl (C=O) groups excluding carboxylic acids is 1. The summed E-state index contributed by atoms with van der Waals surface area (Å²) in [5.74, 6) is 0.264. The van der Waals surface area contributed by atoms with Crippen molar-refractivity contribution in [2.75, 3.05) is 40.8 Å². The van der Waals surface area contributed by atoms with E-state index in [0.717, 1.165) is 32.5 Å². The Kier molecular flexibility index (Phi) is 4.35. The van der Waals surface area contributed by atoms with Crippen LogP contribution < -0.4 is 5.32 Å². The first-order valence-electron chi connectivity index (χ1n) is 5.26. The van der Waals surface area contributed by atoms with Crippen molar-refractivity contribution in [3.05, 3.63) is 0 Å². The van der Waals surface area contributed by atoms with E-state index in [1.165, 1.54) is 0 Å². The van der Waals surface area contributed by atoms with Crippen LogP contribution in [0, 0.1) is 0 Å². The maximum absolute atomic E-state index is 11.9. The van der Waals surface area contributed by atoms with Crippen LogP contribution in [-0.4, -0.2) is 62.5 Å². The first-order chi connectivity index (χ1) is 6.66. The van der Waals surface area contributed by atoms with Crippen molar-refractivity contribution >= 4 is 5.91 Å². The Morgan fingerprint density at radius 1 is 1.64 bits per heavy atom. The molecular weight excluding hydrogens is 178 g/mol. The number of hydrogen-bond donors (Lipinski definition) is 1. The Morgan fingerprint density at radius 3 is 2.86 bits per heavy atom. The van der Waals surface area contributed by atoms with Gasteiger partial charge in [-0.15, -0.1) is 0 Å². The molecule has 0 bridgehead atoms. The Morgan fingerprint density at radius 2 is 2.36 bits per heavy atom. The monoisotopic (exact) mass is 199 g/mol. The molecule has 1 saturated heterocycles. The molecule has 1 rings (SSSR count). The predicted octanol–water partition coefficient (Wildman–Crippen LogP) is -0.242. The third kappa shape index (κ3) is 2.69. The van der Waals surface area contributed by atoms with Crippen LogP contribution in [0.2, 0.25) is 0 Å². The standard InChI is InChI=1S/C10H21N3O/c1-11-6-8-13(3)10(14)9-5-4-7-12(9)2/h9,11H,4-8H2,1-3H3/t9-/m0/s1. The molecule has 1 aliphatic rings. The van der Waals surface area contributed by atoms with Crippen LogP contribution in [0.15, 0.2) is 0 Å². The van der Waals surface area contributed by atoms with Crippen LogP contribution in [0.1, 0.15) is 12.8 Å². The molecule has 0 radical (unpaired) electrons. The molecule has 1 fully saturated rings. The highest BCUT2D eigenvalue weighted by Gasteiger charge is 2.29. The van der Waals surface area contributed by atoms with Gasteiger partial charge in [0.15, 0.2) is 0 Å². The van der Waals surface area contributed by atoms with Crippen LogP contribution in [0.3, 0.4) is 0 Å². The molecule has 0 aromatic heterocycles. The van der Waals surface area contributed by atoms with Gasteiger partial charge in [0.1, 0.15) is 0 Å². The quantitative estimate of drug-likeness (QED) is 0.678. The number of likely N-dealkylation sites (N-methyl/N-ethyl adjacent to an activating group) is 3. The molecule has 1 atom stereocenters. The Balaban J connectivity index is 2.39. The topological polar surface area (TPSA) is 35.6 Å². The van der Waals surface area contributed by atoms with Gasteiger partial charge >= 0.3 is 0 Å². The summed E-state index contributed by atoms with van der Waals surface area (Å²) in [4.78, 5) is 15.9. The van der Waals surface area contributed by atoms with E-state index in [1.54, 1.807) is 0 Å². The molecule has 1 N–H and O–H groups in total. The molecule has 1 amide bonds. The first-order valence-corrected chi connectivity index (χ1v) is 5.26. The molecule has 14 heavy (non-hydrogen) atoms. The normalized spacial score (nSPS) is 22.6. The van der Waals surface area contributed by atoms with Gasteiger partial charge in [0.05, 0.1) is 6.04 Å². The largest absolute Gasteiger partial charge is 0.343 e. The molecule has 0 unspecified atom stereocenters. The van der Waals surface area contributed by atoms with E-state index >= 15 is 0 Å². The van der Waals surface area contributed by atoms with Crippen molar-refractivity contribution in [3.8, 4) is 0 Å². The summed E-state index contributed by atoms with van der Waals surface area (Å²) >= 11 is 0. The number of nitrogens with zero attached hydrogens (tertiary/aromatic N) is 2. The smallest absolute Gasteiger partial charge is 0.239 e. The number of likely N-dealkylation sites (tertiary alicyclic amines) is 1. The lowest BCUT2D eigenvalue weighted by Gasteiger charge is -2.25. The highest BCUT2D eigenvalue weighted by molar-refractivity contribution is 5.81. The van der Waals surface area contributed by atoms with E-state index in [1.807, 2.05) is 26.0 Å². The van der Waals surface area contributed by atoms with E-state index in [-0.39, 0.29) is 11.9 Å². The number of nitrogens with one attached hydrogen (secondary N) is 1. The Bertz CT molecular complexity index is 196. The number of amides is 1. The molecule has 0 aliphatic carbocycles. The third-order valence-corrected chi connectivity index (χ3v) is 2.88. The second-order valence-corrected chi connectivity index (χ2v) is 4.00.